The summed E-state index contributed by atoms with van der Waals surface area (Å²) in [4.78, 5) is 10.4. The minimum absolute atomic E-state index is 0.346. The molecule has 0 unspecified atom stereocenters. The molecule has 7 N–H and O–H groups in total. The number of aliphatic hydroxyl groups is 6. The largest absolute Gasteiger partial charge is 0.481 e. The van der Waals surface area contributed by atoms with E-state index in [2.05, 4.69) is 6.92 Å². The molecule has 0 aliphatic heterocycles. The lowest BCUT2D eigenvalue weighted by atomic mass is 10.0. The van der Waals surface area contributed by atoms with Crippen molar-refractivity contribution in [3.05, 3.63) is 0 Å². The Morgan fingerprint density at radius 2 is 0.750 bits per heavy atom. The Morgan fingerprint density at radius 1 is 0.500 bits per heavy atom. The molecule has 0 aliphatic rings. The van der Waals surface area contributed by atoms with E-state index < -0.39 is 43.6 Å². The van der Waals surface area contributed by atoms with Crippen molar-refractivity contribution in [1.29, 1.82) is 0 Å². The molecule has 0 bridgehead atoms. The number of carboxylic acids is 1. The van der Waals surface area contributed by atoms with Crippen molar-refractivity contribution in [2.24, 2.45) is 0 Å². The van der Waals surface area contributed by atoms with Crippen LogP contribution in [0.1, 0.15) is 135 Å². The van der Waals surface area contributed by atoms with Crippen LogP contribution >= 0.6 is 0 Å². The van der Waals surface area contributed by atoms with Gasteiger partial charge in [-0.25, -0.2) is 0 Å². The maximum absolute atomic E-state index is 10.4. The normalized spacial score (nSPS) is 14.5. The van der Waals surface area contributed by atoms with Gasteiger partial charge in [-0.05, 0) is 6.42 Å². The third-order valence-corrected chi connectivity index (χ3v) is 6.51. The number of carbonyl (C=O) groups is 1. The van der Waals surface area contributed by atoms with Crippen LogP contribution in [0.3, 0.4) is 0 Å². The first-order chi connectivity index (χ1) is 17.3. The SMILES string of the molecule is CCCCCCCCCCCCCCCCCCCCCC(=O)O.OC[C@@H](O)[C@@H](O)[C@H](O)[C@@H](O)CO. The van der Waals surface area contributed by atoms with E-state index in [1.165, 1.54) is 109 Å². The molecular weight excluding hydrogens is 464 g/mol. The molecule has 0 rings (SSSR count). The minimum Gasteiger partial charge on any atom is -0.481 e. The number of aliphatic carboxylic acids is 1. The van der Waals surface area contributed by atoms with Gasteiger partial charge >= 0.3 is 5.97 Å². The maximum Gasteiger partial charge on any atom is 0.303 e. The van der Waals surface area contributed by atoms with Crippen LogP contribution in [0.4, 0.5) is 0 Å². The maximum atomic E-state index is 10.4. The van der Waals surface area contributed by atoms with E-state index in [9.17, 15) is 4.79 Å². The zero-order valence-corrected chi connectivity index (χ0v) is 22.9. The van der Waals surface area contributed by atoms with Gasteiger partial charge in [-0.15, -0.1) is 0 Å². The zero-order chi connectivity index (χ0) is 27.4. The first-order valence-corrected chi connectivity index (χ1v) is 14.5. The van der Waals surface area contributed by atoms with E-state index in [1.54, 1.807) is 0 Å². The van der Waals surface area contributed by atoms with Crippen molar-refractivity contribution in [2.45, 2.75) is 160 Å². The summed E-state index contributed by atoms with van der Waals surface area (Å²) in [6.07, 6.45) is 19.7. The fraction of sp³-hybridized carbons (Fsp3) is 0.964. The van der Waals surface area contributed by atoms with Crippen LogP contribution in [-0.2, 0) is 4.79 Å². The Kier molecular flexibility index (Phi) is 29.9. The average molecular weight is 523 g/mol. The summed E-state index contributed by atoms with van der Waals surface area (Å²) in [7, 11) is 0. The lowest BCUT2D eigenvalue weighted by Crippen LogP contribution is -2.46. The Labute approximate surface area is 219 Å². The van der Waals surface area contributed by atoms with Gasteiger partial charge in [0.15, 0.2) is 0 Å². The van der Waals surface area contributed by atoms with Gasteiger partial charge in [-0.3, -0.25) is 4.79 Å². The van der Waals surface area contributed by atoms with E-state index in [1.807, 2.05) is 0 Å². The molecule has 0 amide bonds. The Hall–Kier alpha value is -0.770. The van der Waals surface area contributed by atoms with Gasteiger partial charge in [0, 0.05) is 6.42 Å². The van der Waals surface area contributed by atoms with Crippen LogP contribution in [-0.4, -0.2) is 79.3 Å². The Balaban J connectivity index is 0. The highest BCUT2D eigenvalue weighted by Gasteiger charge is 2.29. The van der Waals surface area contributed by atoms with Crippen LogP contribution in [0.25, 0.3) is 0 Å². The van der Waals surface area contributed by atoms with Gasteiger partial charge < -0.3 is 35.7 Å². The molecular formula is C28H58O8. The standard InChI is InChI=1S/C22H44O2.C6H14O6/c1-2-3-4-5-6-7-8-9-10-11-12-13-14-15-16-17-18-19-20-21-22(23)24;7-1-3(9)5(11)6(12)4(10)2-8/h2-21H2,1H3,(H,23,24);3-12H,1-2H2/t;3-,4+,5-,6-/m.1/s1. The highest BCUT2D eigenvalue weighted by Crippen LogP contribution is 2.14. The van der Waals surface area contributed by atoms with E-state index in [0.29, 0.717) is 6.42 Å². The molecule has 0 heterocycles. The molecule has 218 valence electrons. The molecule has 0 aromatic rings. The number of hydrogen-bond acceptors (Lipinski definition) is 7. The van der Waals surface area contributed by atoms with Crippen LogP contribution in [0.2, 0.25) is 0 Å². The molecule has 0 aromatic carbocycles. The number of unbranched alkanes of at least 4 members (excludes halogenated alkanes) is 18. The average Bonchev–Trinajstić information content (AvgIpc) is 2.88. The number of aliphatic hydroxyl groups excluding tert-OH is 6. The highest BCUT2D eigenvalue weighted by molar-refractivity contribution is 5.66. The zero-order valence-electron chi connectivity index (χ0n) is 22.9. The fourth-order valence-corrected chi connectivity index (χ4v) is 4.03. The third-order valence-electron chi connectivity index (χ3n) is 6.51. The minimum atomic E-state index is -1.67. The lowest BCUT2D eigenvalue weighted by molar-refractivity contribution is -0.137. The predicted molar refractivity (Wildman–Crippen MR) is 144 cm³/mol. The number of rotatable bonds is 25. The molecule has 36 heavy (non-hydrogen) atoms. The van der Waals surface area contributed by atoms with E-state index in [4.69, 9.17) is 35.7 Å². The molecule has 0 radical (unpaired) electrons. The first kappa shape index (κ1) is 37.4. The van der Waals surface area contributed by atoms with Gasteiger partial charge in [0.1, 0.15) is 24.4 Å². The smallest absolute Gasteiger partial charge is 0.303 e. The summed E-state index contributed by atoms with van der Waals surface area (Å²) in [5.74, 6) is -0.651. The quantitative estimate of drug-likeness (QED) is 0.0874. The van der Waals surface area contributed by atoms with Crippen molar-refractivity contribution in [3.63, 3.8) is 0 Å². The van der Waals surface area contributed by atoms with E-state index in [0.717, 1.165) is 12.8 Å². The summed E-state index contributed by atoms with van der Waals surface area (Å²) in [5.41, 5.74) is 0. The summed E-state index contributed by atoms with van der Waals surface area (Å²) in [5, 5.41) is 60.7. The van der Waals surface area contributed by atoms with Gasteiger partial charge in [0.25, 0.3) is 0 Å². The Morgan fingerprint density at radius 3 is 0.972 bits per heavy atom. The molecule has 8 heteroatoms. The van der Waals surface area contributed by atoms with Crippen molar-refractivity contribution in [3.8, 4) is 0 Å². The third kappa shape index (κ3) is 26.3. The monoisotopic (exact) mass is 522 g/mol. The fourth-order valence-electron chi connectivity index (χ4n) is 4.03. The molecule has 0 spiro atoms. The second kappa shape index (κ2) is 28.8. The van der Waals surface area contributed by atoms with Gasteiger partial charge in [-0.2, -0.15) is 0 Å². The van der Waals surface area contributed by atoms with Crippen molar-refractivity contribution in [1.82, 2.24) is 0 Å². The molecule has 0 saturated heterocycles. The predicted octanol–water partition coefficient (Wildman–Crippen LogP) is 4.31. The van der Waals surface area contributed by atoms with E-state index in [-0.39, 0.29) is 0 Å². The molecule has 0 aliphatic carbocycles. The molecule has 0 aromatic heterocycles. The second-order valence-corrected chi connectivity index (χ2v) is 9.99. The molecule has 0 fully saturated rings. The number of carboxylic acid groups (broad SMARTS) is 1. The van der Waals surface area contributed by atoms with Crippen molar-refractivity contribution < 1.29 is 40.5 Å². The van der Waals surface area contributed by atoms with Crippen LogP contribution < -0.4 is 0 Å². The highest BCUT2D eigenvalue weighted by atomic mass is 16.4. The van der Waals surface area contributed by atoms with Crippen LogP contribution in [0, 0.1) is 0 Å². The van der Waals surface area contributed by atoms with Gasteiger partial charge in [0.05, 0.1) is 13.2 Å². The summed E-state index contributed by atoms with van der Waals surface area (Å²) < 4.78 is 0. The van der Waals surface area contributed by atoms with Gasteiger partial charge in [0.2, 0.25) is 0 Å². The number of hydrogen-bond donors (Lipinski definition) is 7. The van der Waals surface area contributed by atoms with Crippen LogP contribution in [0.15, 0.2) is 0 Å². The van der Waals surface area contributed by atoms with Crippen LogP contribution in [0.5, 0.6) is 0 Å². The van der Waals surface area contributed by atoms with Crippen molar-refractivity contribution in [2.75, 3.05) is 13.2 Å². The Bertz CT molecular complexity index is 435. The van der Waals surface area contributed by atoms with Crippen molar-refractivity contribution >= 4 is 5.97 Å². The molecule has 0 saturated carbocycles. The summed E-state index contributed by atoms with van der Waals surface area (Å²) in [6.45, 7) is 0.831. The second-order valence-electron chi connectivity index (χ2n) is 9.99. The topological polar surface area (TPSA) is 159 Å². The first-order valence-electron chi connectivity index (χ1n) is 14.5. The lowest BCUT2D eigenvalue weighted by Gasteiger charge is -2.24. The molecule has 4 atom stereocenters. The van der Waals surface area contributed by atoms with E-state index >= 15 is 0 Å². The summed E-state index contributed by atoms with van der Waals surface area (Å²) >= 11 is 0. The summed E-state index contributed by atoms with van der Waals surface area (Å²) in [6, 6.07) is 0. The molecule has 8 nitrogen and oxygen atoms in total. The van der Waals surface area contributed by atoms with Gasteiger partial charge in [-0.1, -0.05) is 122 Å².